The number of thiol groups is 1. The minimum absolute atomic E-state index is 0.524. The predicted molar refractivity (Wildman–Crippen MR) is 46.6 cm³/mol. The summed E-state index contributed by atoms with van der Waals surface area (Å²) < 4.78 is 5.21. The molecule has 0 atom stereocenters. The van der Waals surface area contributed by atoms with Gasteiger partial charge >= 0.3 is 0 Å². The van der Waals surface area contributed by atoms with Crippen LogP contribution in [-0.4, -0.2) is 19.0 Å². The average Bonchev–Trinajstić information content (AvgIpc) is 1.84. The Bertz CT molecular complexity index is 91.4. The Kier molecular flexibility index (Phi) is 3.05. The van der Waals surface area contributed by atoms with Gasteiger partial charge in [0.15, 0.2) is 0 Å². The predicted octanol–water partition coefficient (Wildman–Crippen LogP) is 2.12. The van der Waals surface area contributed by atoms with Crippen molar-refractivity contribution < 1.29 is 4.74 Å². The molecule has 0 unspecified atom stereocenters. The van der Waals surface area contributed by atoms with E-state index in [-0.39, 0.29) is 0 Å². The van der Waals surface area contributed by atoms with E-state index in [0.717, 1.165) is 19.0 Å². The molecule has 0 saturated carbocycles. The number of hydrogen-bond acceptors (Lipinski definition) is 2. The van der Waals surface area contributed by atoms with E-state index in [1.54, 1.807) is 0 Å². The summed E-state index contributed by atoms with van der Waals surface area (Å²) in [5.41, 5.74) is 0.524. The molecule has 0 radical (unpaired) electrons. The Morgan fingerprint density at radius 2 is 2.10 bits per heavy atom. The summed E-state index contributed by atoms with van der Waals surface area (Å²) in [6.45, 7) is 4.18. The Hall–Kier alpha value is 0.310. The van der Waals surface area contributed by atoms with Gasteiger partial charge in [-0.2, -0.15) is 12.6 Å². The molecular formula is C8H16OS. The lowest BCUT2D eigenvalue weighted by molar-refractivity contribution is -0.118. The summed E-state index contributed by atoms with van der Waals surface area (Å²) in [6.07, 6.45) is 3.81. The molecule has 0 N–H and O–H groups in total. The fraction of sp³-hybridized carbons (Fsp3) is 1.00. The minimum Gasteiger partial charge on any atom is -0.380 e. The van der Waals surface area contributed by atoms with Crippen molar-refractivity contribution in [2.24, 2.45) is 5.41 Å². The van der Waals surface area contributed by atoms with Gasteiger partial charge in [0.05, 0.1) is 13.2 Å². The van der Waals surface area contributed by atoms with Crippen LogP contribution in [0.4, 0.5) is 0 Å². The van der Waals surface area contributed by atoms with Crippen molar-refractivity contribution in [3.05, 3.63) is 0 Å². The standard InChI is InChI=1S/C8H16OS/c1-2-3-8(4-5-10)6-9-7-8/h10H,2-7H2,1H3. The van der Waals surface area contributed by atoms with Crippen LogP contribution in [0.3, 0.4) is 0 Å². The summed E-state index contributed by atoms with van der Waals surface area (Å²) in [5.74, 6) is 1.00. The molecule has 0 aromatic rings. The first kappa shape index (κ1) is 8.41. The van der Waals surface area contributed by atoms with E-state index in [0.29, 0.717) is 5.41 Å². The first-order valence-corrected chi connectivity index (χ1v) is 4.65. The van der Waals surface area contributed by atoms with Gasteiger partial charge in [0.25, 0.3) is 0 Å². The Labute approximate surface area is 68.6 Å². The molecule has 0 bridgehead atoms. The summed E-state index contributed by atoms with van der Waals surface area (Å²) in [4.78, 5) is 0. The lowest BCUT2D eigenvalue weighted by Crippen LogP contribution is -2.42. The molecule has 0 aliphatic carbocycles. The van der Waals surface area contributed by atoms with Gasteiger partial charge < -0.3 is 4.74 Å². The number of rotatable bonds is 4. The molecule has 1 heterocycles. The molecule has 1 nitrogen and oxygen atoms in total. The lowest BCUT2D eigenvalue weighted by Gasteiger charge is -2.41. The minimum atomic E-state index is 0.524. The van der Waals surface area contributed by atoms with E-state index in [4.69, 9.17) is 4.74 Å². The fourth-order valence-corrected chi connectivity index (χ4v) is 2.05. The smallest absolute Gasteiger partial charge is 0.0545 e. The molecule has 0 amide bonds. The lowest BCUT2D eigenvalue weighted by atomic mass is 9.79. The maximum atomic E-state index is 5.21. The fourth-order valence-electron chi connectivity index (χ4n) is 1.57. The quantitative estimate of drug-likeness (QED) is 0.620. The van der Waals surface area contributed by atoms with Gasteiger partial charge in [-0.15, -0.1) is 0 Å². The van der Waals surface area contributed by atoms with Crippen LogP contribution in [0, 0.1) is 5.41 Å². The SMILES string of the molecule is CCCC1(CCS)COC1. The van der Waals surface area contributed by atoms with E-state index in [9.17, 15) is 0 Å². The van der Waals surface area contributed by atoms with Gasteiger partial charge in [-0.05, 0) is 18.6 Å². The topological polar surface area (TPSA) is 9.23 Å². The maximum Gasteiger partial charge on any atom is 0.0545 e. The van der Waals surface area contributed by atoms with Crippen molar-refractivity contribution in [3.63, 3.8) is 0 Å². The second-order valence-electron chi connectivity index (χ2n) is 3.22. The van der Waals surface area contributed by atoms with Crippen molar-refractivity contribution in [1.82, 2.24) is 0 Å². The second-order valence-corrected chi connectivity index (χ2v) is 3.66. The highest BCUT2D eigenvalue weighted by Crippen LogP contribution is 2.36. The average molecular weight is 160 g/mol. The van der Waals surface area contributed by atoms with E-state index >= 15 is 0 Å². The van der Waals surface area contributed by atoms with Gasteiger partial charge in [-0.3, -0.25) is 0 Å². The molecule has 0 aromatic heterocycles. The zero-order valence-corrected chi connectivity index (χ0v) is 7.49. The molecule has 2 heteroatoms. The summed E-state index contributed by atoms with van der Waals surface area (Å²) >= 11 is 4.24. The second kappa shape index (κ2) is 3.63. The first-order valence-electron chi connectivity index (χ1n) is 4.01. The molecule has 60 valence electrons. The third-order valence-corrected chi connectivity index (χ3v) is 2.46. The Balaban J connectivity index is 2.27. The van der Waals surface area contributed by atoms with Crippen LogP contribution in [0.15, 0.2) is 0 Å². The Morgan fingerprint density at radius 3 is 2.40 bits per heavy atom. The third-order valence-electron chi connectivity index (χ3n) is 2.24. The molecule has 1 aliphatic heterocycles. The maximum absolute atomic E-state index is 5.21. The van der Waals surface area contributed by atoms with E-state index in [2.05, 4.69) is 19.6 Å². The van der Waals surface area contributed by atoms with Crippen LogP contribution in [-0.2, 0) is 4.74 Å². The van der Waals surface area contributed by atoms with E-state index in [1.165, 1.54) is 19.3 Å². The molecule has 1 aliphatic rings. The van der Waals surface area contributed by atoms with Crippen molar-refractivity contribution in [2.45, 2.75) is 26.2 Å². The zero-order valence-electron chi connectivity index (χ0n) is 6.60. The number of hydrogen-bond donors (Lipinski definition) is 1. The normalized spacial score (nSPS) is 22.2. The van der Waals surface area contributed by atoms with Crippen molar-refractivity contribution in [1.29, 1.82) is 0 Å². The largest absolute Gasteiger partial charge is 0.380 e. The van der Waals surface area contributed by atoms with Crippen molar-refractivity contribution in [2.75, 3.05) is 19.0 Å². The summed E-state index contributed by atoms with van der Waals surface area (Å²) in [5, 5.41) is 0. The zero-order chi connectivity index (χ0) is 7.45. The van der Waals surface area contributed by atoms with Crippen LogP contribution in [0.25, 0.3) is 0 Å². The first-order chi connectivity index (χ1) is 4.83. The van der Waals surface area contributed by atoms with Crippen LogP contribution in [0.5, 0.6) is 0 Å². The van der Waals surface area contributed by atoms with Crippen molar-refractivity contribution >= 4 is 12.6 Å². The molecule has 1 rings (SSSR count). The number of ether oxygens (including phenoxy) is 1. The van der Waals surface area contributed by atoms with E-state index < -0.39 is 0 Å². The van der Waals surface area contributed by atoms with Crippen LogP contribution in [0.2, 0.25) is 0 Å². The van der Waals surface area contributed by atoms with E-state index in [1.807, 2.05) is 0 Å². The van der Waals surface area contributed by atoms with Gasteiger partial charge in [-0.1, -0.05) is 13.3 Å². The third kappa shape index (κ3) is 1.67. The highest BCUT2D eigenvalue weighted by molar-refractivity contribution is 7.80. The van der Waals surface area contributed by atoms with Crippen LogP contribution >= 0.6 is 12.6 Å². The summed E-state index contributed by atoms with van der Waals surface area (Å²) in [6, 6.07) is 0. The molecule has 1 fully saturated rings. The molecule has 0 aromatic carbocycles. The molecular weight excluding hydrogens is 144 g/mol. The van der Waals surface area contributed by atoms with Crippen LogP contribution < -0.4 is 0 Å². The Morgan fingerprint density at radius 1 is 1.40 bits per heavy atom. The highest BCUT2D eigenvalue weighted by Gasteiger charge is 2.36. The van der Waals surface area contributed by atoms with Crippen molar-refractivity contribution in [3.8, 4) is 0 Å². The molecule has 10 heavy (non-hydrogen) atoms. The van der Waals surface area contributed by atoms with Gasteiger partial charge in [-0.25, -0.2) is 0 Å². The molecule has 0 spiro atoms. The summed E-state index contributed by atoms with van der Waals surface area (Å²) in [7, 11) is 0. The highest BCUT2D eigenvalue weighted by atomic mass is 32.1. The van der Waals surface area contributed by atoms with Gasteiger partial charge in [0.1, 0.15) is 0 Å². The monoisotopic (exact) mass is 160 g/mol. The van der Waals surface area contributed by atoms with Gasteiger partial charge in [0.2, 0.25) is 0 Å². The van der Waals surface area contributed by atoms with Crippen LogP contribution in [0.1, 0.15) is 26.2 Å². The molecule has 1 saturated heterocycles. The van der Waals surface area contributed by atoms with Gasteiger partial charge in [0, 0.05) is 5.41 Å².